The summed E-state index contributed by atoms with van der Waals surface area (Å²) in [6, 6.07) is 10.3. The van der Waals surface area contributed by atoms with Crippen LogP contribution in [0, 0.1) is 13.8 Å². The highest BCUT2D eigenvalue weighted by Gasteiger charge is 2.09. The van der Waals surface area contributed by atoms with Crippen LogP contribution in [0.15, 0.2) is 41.0 Å². The molecule has 0 aliphatic heterocycles. The van der Waals surface area contributed by atoms with Crippen LogP contribution in [0.5, 0.6) is 0 Å². The Labute approximate surface area is 114 Å². The highest BCUT2D eigenvalue weighted by Crippen LogP contribution is 2.25. The van der Waals surface area contributed by atoms with E-state index < -0.39 is 0 Å². The Morgan fingerprint density at radius 2 is 1.94 bits per heavy atom. The van der Waals surface area contributed by atoms with Gasteiger partial charge in [0.2, 0.25) is 0 Å². The van der Waals surface area contributed by atoms with E-state index in [2.05, 4.69) is 51.1 Å². The zero-order chi connectivity index (χ0) is 12.7. The van der Waals surface area contributed by atoms with E-state index in [1.54, 1.807) is 6.20 Å². The van der Waals surface area contributed by atoms with Gasteiger partial charge in [0.05, 0.1) is 16.4 Å². The lowest BCUT2D eigenvalue weighted by atomic mass is 10.1. The molecule has 0 radical (unpaired) electrons. The van der Waals surface area contributed by atoms with Crippen molar-refractivity contribution in [3.05, 3.63) is 52.3 Å². The molecule has 0 amide bonds. The van der Waals surface area contributed by atoms with Gasteiger partial charge in [-0.15, -0.1) is 0 Å². The second-order valence-corrected chi connectivity index (χ2v) is 5.18. The average Bonchev–Trinajstić information content (AvgIpc) is 2.72. The largest absolute Gasteiger partial charge is 0.227 e. The zero-order valence-electron chi connectivity index (χ0n) is 10.2. The van der Waals surface area contributed by atoms with Gasteiger partial charge in [0, 0.05) is 11.3 Å². The minimum Gasteiger partial charge on any atom is -0.227 e. The van der Waals surface area contributed by atoms with Crippen molar-refractivity contribution in [1.29, 1.82) is 0 Å². The summed E-state index contributed by atoms with van der Waals surface area (Å²) in [5.74, 6) is 0. The van der Waals surface area contributed by atoms with E-state index in [1.807, 2.05) is 23.6 Å². The number of aromatic nitrogens is 3. The predicted molar refractivity (Wildman–Crippen MR) is 75.6 cm³/mol. The van der Waals surface area contributed by atoms with Crippen LogP contribution in [0.25, 0.3) is 16.9 Å². The Hall–Kier alpha value is -1.68. The van der Waals surface area contributed by atoms with E-state index in [9.17, 15) is 0 Å². The Morgan fingerprint density at radius 1 is 1.17 bits per heavy atom. The molecule has 0 unspecified atom stereocenters. The van der Waals surface area contributed by atoms with Crippen LogP contribution in [-0.2, 0) is 0 Å². The summed E-state index contributed by atoms with van der Waals surface area (Å²) < 4.78 is 2.76. The summed E-state index contributed by atoms with van der Waals surface area (Å²) in [5.41, 5.74) is 5.30. The summed E-state index contributed by atoms with van der Waals surface area (Å²) in [6.45, 7) is 4.14. The fourth-order valence-corrected chi connectivity index (χ4v) is 2.43. The Kier molecular flexibility index (Phi) is 2.67. The molecule has 0 saturated heterocycles. The standard InChI is InChI=1S/C14H12BrN3/c1-9-5-3-4-6-11(9)13-7-10(2)18-14(17-13)12(15)8-16-18/h3-8H,1-2H3. The van der Waals surface area contributed by atoms with Gasteiger partial charge < -0.3 is 0 Å². The smallest absolute Gasteiger partial charge is 0.170 e. The fraction of sp³-hybridized carbons (Fsp3) is 0.143. The number of nitrogens with zero attached hydrogens (tertiary/aromatic N) is 3. The molecular formula is C14H12BrN3. The molecule has 0 bridgehead atoms. The number of hydrogen-bond donors (Lipinski definition) is 0. The Morgan fingerprint density at radius 3 is 2.72 bits per heavy atom. The molecule has 0 aliphatic rings. The van der Waals surface area contributed by atoms with Crippen molar-refractivity contribution >= 4 is 21.6 Å². The molecule has 3 aromatic rings. The molecule has 0 fully saturated rings. The first-order chi connectivity index (χ1) is 8.66. The first kappa shape index (κ1) is 11.4. The lowest BCUT2D eigenvalue weighted by Crippen LogP contribution is -1.98. The highest BCUT2D eigenvalue weighted by atomic mass is 79.9. The van der Waals surface area contributed by atoms with Crippen LogP contribution >= 0.6 is 15.9 Å². The average molecular weight is 302 g/mol. The quantitative estimate of drug-likeness (QED) is 0.685. The molecule has 2 heterocycles. The van der Waals surface area contributed by atoms with Gasteiger partial charge in [0.25, 0.3) is 0 Å². The van der Waals surface area contributed by atoms with Crippen molar-refractivity contribution in [1.82, 2.24) is 14.6 Å². The van der Waals surface area contributed by atoms with E-state index in [4.69, 9.17) is 0 Å². The van der Waals surface area contributed by atoms with Gasteiger partial charge in [-0.3, -0.25) is 0 Å². The van der Waals surface area contributed by atoms with E-state index in [0.29, 0.717) is 0 Å². The molecule has 0 aliphatic carbocycles. The minimum atomic E-state index is 0.855. The molecule has 1 aromatic carbocycles. The van der Waals surface area contributed by atoms with Crippen molar-refractivity contribution in [2.75, 3.05) is 0 Å². The first-order valence-corrected chi connectivity index (χ1v) is 6.53. The minimum absolute atomic E-state index is 0.855. The Balaban J connectivity index is 2.31. The maximum absolute atomic E-state index is 4.68. The SMILES string of the molecule is Cc1ccccc1-c1cc(C)n2ncc(Br)c2n1. The molecule has 4 heteroatoms. The molecule has 0 N–H and O–H groups in total. The van der Waals surface area contributed by atoms with Gasteiger partial charge in [-0.2, -0.15) is 5.10 Å². The maximum Gasteiger partial charge on any atom is 0.170 e. The highest BCUT2D eigenvalue weighted by molar-refractivity contribution is 9.10. The zero-order valence-corrected chi connectivity index (χ0v) is 11.8. The molecule has 0 atom stereocenters. The molecule has 3 rings (SSSR count). The predicted octanol–water partition coefficient (Wildman–Crippen LogP) is 3.78. The molecule has 2 aromatic heterocycles. The van der Waals surface area contributed by atoms with Crippen LogP contribution < -0.4 is 0 Å². The van der Waals surface area contributed by atoms with Gasteiger partial charge in [-0.25, -0.2) is 9.50 Å². The first-order valence-electron chi connectivity index (χ1n) is 5.73. The van der Waals surface area contributed by atoms with Crippen LogP contribution in [0.1, 0.15) is 11.3 Å². The van der Waals surface area contributed by atoms with Crippen molar-refractivity contribution in [2.24, 2.45) is 0 Å². The second kappa shape index (κ2) is 4.21. The lowest BCUT2D eigenvalue weighted by molar-refractivity contribution is 0.896. The van der Waals surface area contributed by atoms with E-state index in [1.165, 1.54) is 5.56 Å². The second-order valence-electron chi connectivity index (χ2n) is 4.33. The maximum atomic E-state index is 4.68. The van der Waals surface area contributed by atoms with E-state index >= 15 is 0 Å². The van der Waals surface area contributed by atoms with Gasteiger partial charge >= 0.3 is 0 Å². The number of fused-ring (bicyclic) bond motifs is 1. The van der Waals surface area contributed by atoms with Crippen LogP contribution in [0.4, 0.5) is 0 Å². The normalized spacial score (nSPS) is 11.1. The van der Waals surface area contributed by atoms with E-state index in [-0.39, 0.29) is 0 Å². The van der Waals surface area contributed by atoms with Gasteiger partial charge in [0.1, 0.15) is 0 Å². The molecular weight excluding hydrogens is 290 g/mol. The molecule has 0 spiro atoms. The number of benzene rings is 1. The third-order valence-electron chi connectivity index (χ3n) is 3.03. The third kappa shape index (κ3) is 1.73. The molecule has 90 valence electrons. The summed E-state index contributed by atoms with van der Waals surface area (Å²) in [7, 11) is 0. The summed E-state index contributed by atoms with van der Waals surface area (Å²) >= 11 is 3.48. The van der Waals surface area contributed by atoms with Crippen LogP contribution in [0.3, 0.4) is 0 Å². The van der Waals surface area contributed by atoms with E-state index in [0.717, 1.165) is 27.1 Å². The van der Waals surface area contributed by atoms with Crippen LogP contribution in [-0.4, -0.2) is 14.6 Å². The number of halogens is 1. The summed E-state index contributed by atoms with van der Waals surface area (Å²) in [4.78, 5) is 4.68. The van der Waals surface area contributed by atoms with Crippen molar-refractivity contribution in [3.63, 3.8) is 0 Å². The Bertz CT molecular complexity index is 731. The van der Waals surface area contributed by atoms with Crippen molar-refractivity contribution in [3.8, 4) is 11.3 Å². The monoisotopic (exact) mass is 301 g/mol. The third-order valence-corrected chi connectivity index (χ3v) is 3.59. The number of rotatable bonds is 1. The van der Waals surface area contributed by atoms with Crippen molar-refractivity contribution in [2.45, 2.75) is 13.8 Å². The summed E-state index contributed by atoms with van der Waals surface area (Å²) in [5, 5.41) is 4.28. The number of aryl methyl sites for hydroxylation is 2. The lowest BCUT2D eigenvalue weighted by Gasteiger charge is -2.07. The van der Waals surface area contributed by atoms with Gasteiger partial charge in [-0.05, 0) is 41.4 Å². The molecule has 18 heavy (non-hydrogen) atoms. The van der Waals surface area contributed by atoms with Crippen molar-refractivity contribution < 1.29 is 0 Å². The van der Waals surface area contributed by atoms with Crippen LogP contribution in [0.2, 0.25) is 0 Å². The topological polar surface area (TPSA) is 30.2 Å². The van der Waals surface area contributed by atoms with Gasteiger partial charge in [-0.1, -0.05) is 24.3 Å². The molecule has 0 saturated carbocycles. The fourth-order valence-electron chi connectivity index (χ4n) is 2.08. The number of hydrogen-bond acceptors (Lipinski definition) is 2. The summed E-state index contributed by atoms with van der Waals surface area (Å²) in [6.07, 6.45) is 1.77. The molecule has 3 nitrogen and oxygen atoms in total. The van der Waals surface area contributed by atoms with Gasteiger partial charge in [0.15, 0.2) is 5.65 Å².